The molecule has 1 aromatic carbocycles. The Bertz CT molecular complexity index is 525. The number of para-hydroxylation sites is 1. The van der Waals surface area contributed by atoms with Crippen molar-refractivity contribution in [3.8, 4) is 0 Å². The van der Waals surface area contributed by atoms with Gasteiger partial charge in [-0.1, -0.05) is 24.3 Å². The first-order valence-corrected chi connectivity index (χ1v) is 7.90. The summed E-state index contributed by atoms with van der Waals surface area (Å²) in [7, 11) is 0. The highest BCUT2D eigenvalue weighted by molar-refractivity contribution is 5.89. The second kappa shape index (κ2) is 8.95. The van der Waals surface area contributed by atoms with Gasteiger partial charge in [-0.3, -0.25) is 9.69 Å². The van der Waals surface area contributed by atoms with Gasteiger partial charge in [0.05, 0.1) is 6.54 Å². The summed E-state index contributed by atoms with van der Waals surface area (Å²) in [5.41, 5.74) is 0.779. The van der Waals surface area contributed by atoms with Gasteiger partial charge < -0.3 is 16.0 Å². The van der Waals surface area contributed by atoms with Crippen LogP contribution in [-0.2, 0) is 4.79 Å². The van der Waals surface area contributed by atoms with Crippen LogP contribution in [0.5, 0.6) is 0 Å². The summed E-state index contributed by atoms with van der Waals surface area (Å²) in [4.78, 5) is 25.7. The van der Waals surface area contributed by atoms with Crippen molar-refractivity contribution in [2.45, 2.75) is 18.9 Å². The molecular weight excluding hydrogens is 292 g/mol. The molecule has 1 heterocycles. The van der Waals surface area contributed by atoms with Crippen molar-refractivity contribution in [1.29, 1.82) is 0 Å². The van der Waals surface area contributed by atoms with Crippen molar-refractivity contribution in [3.05, 3.63) is 43.0 Å². The lowest BCUT2D eigenvalue weighted by atomic mass is 10.1. The molecule has 6 nitrogen and oxygen atoms in total. The zero-order valence-electron chi connectivity index (χ0n) is 13.3. The van der Waals surface area contributed by atoms with Crippen LogP contribution in [0.25, 0.3) is 0 Å². The SMILES string of the molecule is C=CCNC(=O)CN1CCC(NC(=O)Nc2ccccc2)CC1. The highest BCUT2D eigenvalue weighted by atomic mass is 16.2. The van der Waals surface area contributed by atoms with E-state index in [-0.39, 0.29) is 18.0 Å². The summed E-state index contributed by atoms with van der Waals surface area (Å²) in [6.07, 6.45) is 3.35. The normalized spacial score (nSPS) is 15.7. The van der Waals surface area contributed by atoms with Crippen molar-refractivity contribution in [3.63, 3.8) is 0 Å². The maximum atomic E-state index is 11.9. The van der Waals surface area contributed by atoms with Crippen molar-refractivity contribution in [1.82, 2.24) is 15.5 Å². The quantitative estimate of drug-likeness (QED) is 0.698. The van der Waals surface area contributed by atoms with Crippen LogP contribution < -0.4 is 16.0 Å². The Morgan fingerprint density at radius 3 is 2.57 bits per heavy atom. The molecule has 0 aromatic heterocycles. The second-order valence-electron chi connectivity index (χ2n) is 5.61. The molecule has 6 heteroatoms. The van der Waals surface area contributed by atoms with Gasteiger partial charge in [-0.05, 0) is 25.0 Å². The minimum Gasteiger partial charge on any atom is -0.352 e. The largest absolute Gasteiger partial charge is 0.352 e. The molecule has 1 aliphatic heterocycles. The summed E-state index contributed by atoms with van der Waals surface area (Å²) >= 11 is 0. The van der Waals surface area contributed by atoms with E-state index in [0.29, 0.717) is 13.1 Å². The zero-order chi connectivity index (χ0) is 16.5. The van der Waals surface area contributed by atoms with Crippen LogP contribution in [0.1, 0.15) is 12.8 Å². The summed E-state index contributed by atoms with van der Waals surface area (Å²) in [5.74, 6) is 0.0122. The maximum Gasteiger partial charge on any atom is 0.319 e. The van der Waals surface area contributed by atoms with E-state index in [4.69, 9.17) is 0 Å². The molecular formula is C17H24N4O2. The number of amides is 3. The molecule has 1 saturated heterocycles. The van der Waals surface area contributed by atoms with E-state index in [1.807, 2.05) is 30.3 Å². The fourth-order valence-electron chi connectivity index (χ4n) is 2.55. The number of piperidine rings is 1. The van der Waals surface area contributed by atoms with Crippen molar-refractivity contribution in [2.24, 2.45) is 0 Å². The molecule has 3 N–H and O–H groups in total. The first-order chi connectivity index (χ1) is 11.2. The molecule has 1 aromatic rings. The molecule has 3 amide bonds. The topological polar surface area (TPSA) is 73.5 Å². The summed E-state index contributed by atoms with van der Waals surface area (Å²) < 4.78 is 0. The van der Waals surface area contributed by atoms with Crippen LogP contribution in [0.3, 0.4) is 0 Å². The Balaban J connectivity index is 1.67. The minimum absolute atomic E-state index is 0.0122. The number of anilines is 1. The number of urea groups is 1. The number of hydrogen-bond donors (Lipinski definition) is 3. The maximum absolute atomic E-state index is 11.9. The van der Waals surface area contributed by atoms with Gasteiger partial charge in [0.1, 0.15) is 0 Å². The van der Waals surface area contributed by atoms with E-state index in [9.17, 15) is 9.59 Å². The third-order valence-corrected chi connectivity index (χ3v) is 3.77. The molecule has 2 rings (SSSR count). The molecule has 0 spiro atoms. The minimum atomic E-state index is -0.182. The van der Waals surface area contributed by atoms with Gasteiger partial charge in [0.2, 0.25) is 5.91 Å². The summed E-state index contributed by atoms with van der Waals surface area (Å²) in [6, 6.07) is 9.33. The highest BCUT2D eigenvalue weighted by Crippen LogP contribution is 2.11. The number of likely N-dealkylation sites (tertiary alicyclic amines) is 1. The lowest BCUT2D eigenvalue weighted by molar-refractivity contribution is -0.122. The number of hydrogen-bond acceptors (Lipinski definition) is 3. The fourth-order valence-corrected chi connectivity index (χ4v) is 2.55. The van der Waals surface area contributed by atoms with E-state index in [2.05, 4.69) is 27.4 Å². The van der Waals surface area contributed by atoms with Crippen LogP contribution in [0.2, 0.25) is 0 Å². The third-order valence-electron chi connectivity index (χ3n) is 3.77. The average Bonchev–Trinajstić information content (AvgIpc) is 2.55. The van der Waals surface area contributed by atoms with Crippen LogP contribution >= 0.6 is 0 Å². The number of rotatable bonds is 6. The third kappa shape index (κ3) is 6.12. The average molecular weight is 316 g/mol. The molecule has 0 unspecified atom stereocenters. The Hall–Kier alpha value is -2.34. The van der Waals surface area contributed by atoms with Crippen molar-refractivity contribution in [2.75, 3.05) is 31.5 Å². The van der Waals surface area contributed by atoms with Gasteiger partial charge in [-0.25, -0.2) is 4.79 Å². The molecule has 0 saturated carbocycles. The predicted molar refractivity (Wildman–Crippen MR) is 91.3 cm³/mol. The molecule has 0 atom stereocenters. The van der Waals surface area contributed by atoms with Gasteiger partial charge in [0.15, 0.2) is 0 Å². The van der Waals surface area contributed by atoms with Gasteiger partial charge in [-0.15, -0.1) is 6.58 Å². The first kappa shape index (κ1) is 17.0. The van der Waals surface area contributed by atoms with Crippen LogP contribution in [0.15, 0.2) is 43.0 Å². The van der Waals surface area contributed by atoms with Crippen molar-refractivity contribution < 1.29 is 9.59 Å². The van der Waals surface area contributed by atoms with E-state index in [0.717, 1.165) is 31.6 Å². The van der Waals surface area contributed by atoms with E-state index < -0.39 is 0 Å². The fraction of sp³-hybridized carbons (Fsp3) is 0.412. The van der Waals surface area contributed by atoms with Gasteiger partial charge in [-0.2, -0.15) is 0 Å². The Morgan fingerprint density at radius 2 is 1.91 bits per heavy atom. The lowest BCUT2D eigenvalue weighted by Crippen LogP contribution is -2.48. The van der Waals surface area contributed by atoms with Crippen molar-refractivity contribution >= 4 is 17.6 Å². The smallest absolute Gasteiger partial charge is 0.319 e. The Kier molecular flexibility index (Phi) is 6.62. The number of nitrogens with zero attached hydrogens (tertiary/aromatic N) is 1. The van der Waals surface area contributed by atoms with E-state index >= 15 is 0 Å². The molecule has 0 radical (unpaired) electrons. The summed E-state index contributed by atoms with van der Waals surface area (Å²) in [6.45, 7) is 6.08. The molecule has 1 aliphatic rings. The van der Waals surface area contributed by atoms with Crippen LogP contribution in [0.4, 0.5) is 10.5 Å². The molecule has 0 aliphatic carbocycles. The standard InChI is InChI=1S/C17H24N4O2/c1-2-10-18-16(22)13-21-11-8-15(9-12-21)20-17(23)19-14-6-4-3-5-7-14/h2-7,15H,1,8-13H2,(H,18,22)(H2,19,20,23). The Morgan fingerprint density at radius 1 is 1.22 bits per heavy atom. The second-order valence-corrected chi connectivity index (χ2v) is 5.61. The molecule has 0 bridgehead atoms. The number of carbonyl (C=O) groups excluding carboxylic acids is 2. The first-order valence-electron chi connectivity index (χ1n) is 7.90. The summed E-state index contributed by atoms with van der Waals surface area (Å²) in [5, 5.41) is 8.58. The Labute approximate surface area is 136 Å². The van der Waals surface area contributed by atoms with Gasteiger partial charge >= 0.3 is 6.03 Å². The van der Waals surface area contributed by atoms with Crippen LogP contribution in [-0.4, -0.2) is 49.1 Å². The number of benzene rings is 1. The van der Waals surface area contributed by atoms with E-state index in [1.54, 1.807) is 6.08 Å². The predicted octanol–water partition coefficient (Wildman–Crippen LogP) is 1.57. The molecule has 1 fully saturated rings. The number of carbonyl (C=O) groups is 2. The lowest BCUT2D eigenvalue weighted by Gasteiger charge is -2.31. The highest BCUT2D eigenvalue weighted by Gasteiger charge is 2.21. The molecule has 124 valence electrons. The van der Waals surface area contributed by atoms with Gasteiger partial charge in [0, 0.05) is 31.4 Å². The molecule has 23 heavy (non-hydrogen) atoms. The monoisotopic (exact) mass is 316 g/mol. The van der Waals surface area contributed by atoms with Gasteiger partial charge in [0.25, 0.3) is 0 Å². The van der Waals surface area contributed by atoms with E-state index in [1.165, 1.54) is 0 Å². The zero-order valence-corrected chi connectivity index (χ0v) is 13.3. The number of nitrogens with one attached hydrogen (secondary N) is 3. The van der Waals surface area contributed by atoms with Crippen LogP contribution in [0, 0.1) is 0 Å².